The van der Waals surface area contributed by atoms with E-state index in [1.54, 1.807) is 13.2 Å². The molecule has 0 saturated carbocycles. The number of thiocarbonyl (C=S) groups is 1. The monoisotopic (exact) mass is 301 g/mol. The van der Waals surface area contributed by atoms with Crippen LogP contribution in [0, 0.1) is 0 Å². The van der Waals surface area contributed by atoms with Gasteiger partial charge in [0.25, 0.3) is 0 Å². The Morgan fingerprint density at radius 3 is 2.79 bits per heavy atom. The Hall–Kier alpha value is -0.880. The van der Waals surface area contributed by atoms with Crippen LogP contribution in [0.3, 0.4) is 0 Å². The summed E-state index contributed by atoms with van der Waals surface area (Å²) in [5.74, 6) is 0. The van der Waals surface area contributed by atoms with E-state index >= 15 is 0 Å². The Bertz CT molecular complexity index is 428. The van der Waals surface area contributed by atoms with Gasteiger partial charge in [0.1, 0.15) is 4.99 Å². The topological polar surface area (TPSA) is 50.5 Å². The smallest absolute Gasteiger partial charge is 0.104 e. The van der Waals surface area contributed by atoms with E-state index in [2.05, 4.69) is 17.3 Å². The fourth-order valence-corrected chi connectivity index (χ4v) is 1.93. The molecule has 6 heteroatoms. The molecule has 19 heavy (non-hydrogen) atoms. The molecule has 0 saturated heterocycles. The molecule has 3 N–H and O–H groups in total. The maximum atomic E-state index is 6.16. The van der Waals surface area contributed by atoms with E-state index in [0.29, 0.717) is 10.0 Å². The number of hydrogen-bond acceptors (Lipinski definition) is 4. The van der Waals surface area contributed by atoms with E-state index in [9.17, 15) is 0 Å². The maximum absolute atomic E-state index is 6.16. The number of ether oxygens (including phenoxy) is 1. The first-order valence-electron chi connectivity index (χ1n) is 6.05. The van der Waals surface area contributed by atoms with E-state index in [0.717, 1.165) is 37.5 Å². The highest BCUT2D eigenvalue weighted by molar-refractivity contribution is 7.80. The highest BCUT2D eigenvalue weighted by atomic mass is 35.5. The van der Waals surface area contributed by atoms with Gasteiger partial charge in [-0.2, -0.15) is 0 Å². The Morgan fingerprint density at radius 2 is 2.21 bits per heavy atom. The van der Waals surface area contributed by atoms with Gasteiger partial charge in [-0.3, -0.25) is 0 Å². The maximum Gasteiger partial charge on any atom is 0.104 e. The zero-order valence-electron chi connectivity index (χ0n) is 11.3. The molecule has 0 aliphatic rings. The van der Waals surface area contributed by atoms with Gasteiger partial charge in [-0.25, -0.2) is 0 Å². The first-order valence-corrected chi connectivity index (χ1v) is 6.84. The van der Waals surface area contributed by atoms with E-state index in [1.165, 1.54) is 0 Å². The van der Waals surface area contributed by atoms with Gasteiger partial charge in [-0.05, 0) is 25.2 Å². The Balaban J connectivity index is 2.43. The molecule has 1 rings (SSSR count). The number of anilines is 1. The molecule has 0 aromatic heterocycles. The SMILES string of the molecule is COCCN(C)CCNc1ccc(C(N)=S)cc1Cl. The largest absolute Gasteiger partial charge is 0.389 e. The molecule has 1 aromatic carbocycles. The van der Waals surface area contributed by atoms with Crippen molar-refractivity contribution in [3.8, 4) is 0 Å². The molecule has 0 spiro atoms. The van der Waals surface area contributed by atoms with Gasteiger partial charge in [0.2, 0.25) is 0 Å². The minimum absolute atomic E-state index is 0.354. The molecule has 0 amide bonds. The highest BCUT2D eigenvalue weighted by Gasteiger charge is 2.04. The second-order valence-corrected chi connectivity index (χ2v) is 5.13. The summed E-state index contributed by atoms with van der Waals surface area (Å²) < 4.78 is 5.02. The van der Waals surface area contributed by atoms with Crippen LogP contribution < -0.4 is 11.1 Å². The molecule has 0 unspecified atom stereocenters. The van der Waals surface area contributed by atoms with Crippen molar-refractivity contribution in [2.24, 2.45) is 5.73 Å². The van der Waals surface area contributed by atoms with E-state index in [1.807, 2.05) is 12.1 Å². The highest BCUT2D eigenvalue weighted by Crippen LogP contribution is 2.22. The van der Waals surface area contributed by atoms with Crippen LogP contribution in [0.15, 0.2) is 18.2 Å². The molecule has 0 atom stereocenters. The normalized spacial score (nSPS) is 10.7. The predicted octanol–water partition coefficient (Wildman–Crippen LogP) is 1.96. The average molecular weight is 302 g/mol. The summed E-state index contributed by atoms with van der Waals surface area (Å²) in [7, 11) is 3.76. The number of hydrogen-bond donors (Lipinski definition) is 2. The number of nitrogens with two attached hydrogens (primary N) is 1. The van der Waals surface area contributed by atoms with Crippen LogP contribution in [-0.4, -0.2) is 50.3 Å². The van der Waals surface area contributed by atoms with Gasteiger partial charge in [0.05, 0.1) is 17.3 Å². The number of nitrogens with zero attached hydrogens (tertiary/aromatic N) is 1. The van der Waals surface area contributed by atoms with E-state index in [-0.39, 0.29) is 0 Å². The van der Waals surface area contributed by atoms with Crippen LogP contribution in [-0.2, 0) is 4.74 Å². The molecule has 0 heterocycles. The molecule has 0 aliphatic carbocycles. The first-order chi connectivity index (χ1) is 9.04. The van der Waals surface area contributed by atoms with Gasteiger partial charge >= 0.3 is 0 Å². The zero-order chi connectivity index (χ0) is 14.3. The Morgan fingerprint density at radius 1 is 1.47 bits per heavy atom. The zero-order valence-corrected chi connectivity index (χ0v) is 12.9. The molecule has 0 aliphatic heterocycles. The van der Waals surface area contributed by atoms with Crippen molar-refractivity contribution in [3.63, 3.8) is 0 Å². The number of benzene rings is 1. The van der Waals surface area contributed by atoms with E-state index < -0.39 is 0 Å². The molecular weight excluding hydrogens is 282 g/mol. The van der Waals surface area contributed by atoms with Crippen LogP contribution in [0.1, 0.15) is 5.56 Å². The van der Waals surface area contributed by atoms with Crippen LogP contribution >= 0.6 is 23.8 Å². The predicted molar refractivity (Wildman–Crippen MR) is 85.2 cm³/mol. The molecule has 1 aromatic rings. The average Bonchev–Trinajstić information content (AvgIpc) is 2.38. The van der Waals surface area contributed by atoms with Gasteiger partial charge in [0.15, 0.2) is 0 Å². The first kappa shape index (κ1) is 16.2. The van der Waals surface area contributed by atoms with E-state index in [4.69, 9.17) is 34.3 Å². The standard InChI is InChI=1S/C13H20ClN3OS/c1-17(7-8-18-2)6-5-16-12-4-3-10(13(15)19)9-11(12)14/h3-4,9,16H,5-8H2,1-2H3,(H2,15,19). The molecular formula is C13H20ClN3OS. The number of nitrogens with one attached hydrogen (secondary N) is 1. The van der Waals surface area contributed by atoms with Crippen molar-refractivity contribution >= 4 is 34.5 Å². The third-order valence-electron chi connectivity index (χ3n) is 2.74. The van der Waals surface area contributed by atoms with Gasteiger partial charge in [-0.15, -0.1) is 0 Å². The molecule has 4 nitrogen and oxygen atoms in total. The van der Waals surface area contributed by atoms with Crippen molar-refractivity contribution in [1.29, 1.82) is 0 Å². The lowest BCUT2D eigenvalue weighted by molar-refractivity contribution is 0.163. The van der Waals surface area contributed by atoms with Crippen LogP contribution in [0.25, 0.3) is 0 Å². The summed E-state index contributed by atoms with van der Waals surface area (Å²) in [5.41, 5.74) is 7.22. The summed E-state index contributed by atoms with van der Waals surface area (Å²) in [6.07, 6.45) is 0. The fourth-order valence-electron chi connectivity index (χ4n) is 1.55. The number of methoxy groups -OCH3 is 1. The lowest BCUT2D eigenvalue weighted by Crippen LogP contribution is -2.28. The van der Waals surface area contributed by atoms with Crippen LogP contribution in [0.2, 0.25) is 5.02 Å². The van der Waals surface area contributed by atoms with Crippen molar-refractivity contribution in [2.45, 2.75) is 0 Å². The molecule has 0 radical (unpaired) electrons. The summed E-state index contributed by atoms with van der Waals surface area (Å²) in [6, 6.07) is 5.54. The Kier molecular flexibility index (Phi) is 7.09. The Labute approximate surface area is 124 Å². The minimum atomic E-state index is 0.354. The molecule has 0 bridgehead atoms. The lowest BCUT2D eigenvalue weighted by atomic mass is 10.2. The lowest BCUT2D eigenvalue weighted by Gasteiger charge is -2.17. The van der Waals surface area contributed by atoms with Gasteiger partial charge in [0, 0.05) is 32.3 Å². The number of halogens is 1. The van der Waals surface area contributed by atoms with Gasteiger partial charge < -0.3 is 20.7 Å². The second kappa shape index (κ2) is 8.32. The third-order valence-corrected chi connectivity index (χ3v) is 3.29. The van der Waals surface area contributed by atoms with Crippen molar-refractivity contribution in [2.75, 3.05) is 45.7 Å². The summed E-state index contributed by atoms with van der Waals surface area (Å²) >= 11 is 11.1. The third kappa shape index (κ3) is 5.74. The van der Waals surface area contributed by atoms with Crippen LogP contribution in [0.5, 0.6) is 0 Å². The van der Waals surface area contributed by atoms with Crippen LogP contribution in [0.4, 0.5) is 5.69 Å². The van der Waals surface area contributed by atoms with Gasteiger partial charge in [-0.1, -0.05) is 23.8 Å². The second-order valence-electron chi connectivity index (χ2n) is 4.28. The summed E-state index contributed by atoms with van der Waals surface area (Å²) in [5, 5.41) is 3.92. The molecule has 106 valence electrons. The van der Waals surface area contributed by atoms with Crippen molar-refractivity contribution < 1.29 is 4.74 Å². The number of rotatable bonds is 8. The number of likely N-dealkylation sites (N-methyl/N-ethyl adjacent to an activating group) is 1. The molecule has 0 fully saturated rings. The quantitative estimate of drug-likeness (QED) is 0.719. The fraction of sp³-hybridized carbons (Fsp3) is 0.462. The minimum Gasteiger partial charge on any atom is -0.389 e. The van der Waals surface area contributed by atoms with Crippen molar-refractivity contribution in [1.82, 2.24) is 4.90 Å². The van der Waals surface area contributed by atoms with Crippen molar-refractivity contribution in [3.05, 3.63) is 28.8 Å². The summed E-state index contributed by atoms with van der Waals surface area (Å²) in [6.45, 7) is 3.37. The summed E-state index contributed by atoms with van der Waals surface area (Å²) in [4.78, 5) is 2.54.